The smallest absolute Gasteiger partial charge is 0.243 e. The fourth-order valence-corrected chi connectivity index (χ4v) is 3.52. The van der Waals surface area contributed by atoms with Gasteiger partial charge < -0.3 is 15.3 Å². The second-order valence-electron chi connectivity index (χ2n) is 6.54. The lowest BCUT2D eigenvalue weighted by Crippen LogP contribution is -2.45. The van der Waals surface area contributed by atoms with Crippen LogP contribution in [-0.2, 0) is 4.79 Å². The van der Waals surface area contributed by atoms with Crippen LogP contribution in [0.1, 0.15) is 26.7 Å². The van der Waals surface area contributed by atoms with Gasteiger partial charge in [-0.3, -0.25) is 9.69 Å². The summed E-state index contributed by atoms with van der Waals surface area (Å²) in [6.45, 7) is 7.52. The van der Waals surface area contributed by atoms with Crippen molar-refractivity contribution in [2.75, 3.05) is 38.5 Å². The Bertz CT molecular complexity index is 472. The van der Waals surface area contributed by atoms with Gasteiger partial charge in [-0.1, -0.05) is 0 Å². The summed E-state index contributed by atoms with van der Waals surface area (Å²) in [4.78, 5) is 20.8. The number of amides is 1. The molecule has 7 heteroatoms. The lowest BCUT2D eigenvalue weighted by molar-refractivity contribution is -0.120. The van der Waals surface area contributed by atoms with Gasteiger partial charge in [-0.2, -0.15) is 0 Å². The summed E-state index contributed by atoms with van der Waals surface area (Å²) in [5.41, 5.74) is 0. The molecule has 0 saturated carbocycles. The summed E-state index contributed by atoms with van der Waals surface area (Å²) in [7, 11) is 2.01. The molecular formula is C16H28N4O2S. The Labute approximate surface area is 142 Å². The normalized spacial score (nSPS) is 19.7. The first-order valence-corrected chi connectivity index (χ1v) is 9.14. The van der Waals surface area contributed by atoms with E-state index in [1.54, 1.807) is 6.20 Å². The van der Waals surface area contributed by atoms with E-state index in [4.69, 9.17) is 0 Å². The summed E-state index contributed by atoms with van der Waals surface area (Å²) in [6.07, 6.45) is 3.68. The predicted octanol–water partition coefficient (Wildman–Crippen LogP) is 1.49. The number of anilines is 1. The molecule has 0 unspecified atom stereocenters. The van der Waals surface area contributed by atoms with Crippen LogP contribution in [0.4, 0.5) is 5.13 Å². The third-order valence-electron chi connectivity index (χ3n) is 4.48. The molecule has 2 N–H and O–H groups in total. The van der Waals surface area contributed by atoms with Crippen molar-refractivity contribution in [2.45, 2.75) is 38.8 Å². The molecule has 1 aromatic rings. The van der Waals surface area contributed by atoms with Crippen molar-refractivity contribution in [3.8, 4) is 0 Å². The van der Waals surface area contributed by atoms with E-state index >= 15 is 0 Å². The van der Waals surface area contributed by atoms with E-state index in [-0.39, 0.29) is 18.1 Å². The highest BCUT2D eigenvalue weighted by Gasteiger charge is 2.25. The highest BCUT2D eigenvalue weighted by Crippen LogP contribution is 2.19. The Morgan fingerprint density at radius 2 is 2.22 bits per heavy atom. The molecule has 1 aliphatic heterocycles. The number of carbonyl (C=O) groups is 1. The molecule has 1 amide bonds. The van der Waals surface area contributed by atoms with Gasteiger partial charge in [0.05, 0.1) is 12.1 Å². The number of rotatable bonds is 7. The Kier molecular flexibility index (Phi) is 6.95. The Morgan fingerprint density at radius 1 is 1.52 bits per heavy atom. The summed E-state index contributed by atoms with van der Waals surface area (Å²) in [6, 6.07) is -0.172. The third kappa shape index (κ3) is 5.84. The highest BCUT2D eigenvalue weighted by atomic mass is 32.1. The topological polar surface area (TPSA) is 68.7 Å². The van der Waals surface area contributed by atoms with Gasteiger partial charge in [-0.05, 0) is 52.7 Å². The Hall–Kier alpha value is -1.02. The van der Waals surface area contributed by atoms with Gasteiger partial charge in [0.2, 0.25) is 5.91 Å². The summed E-state index contributed by atoms with van der Waals surface area (Å²) in [5.74, 6) is 0.606. The van der Waals surface area contributed by atoms with Crippen LogP contribution in [0.15, 0.2) is 11.6 Å². The Balaban J connectivity index is 1.73. The van der Waals surface area contributed by atoms with Crippen molar-refractivity contribution >= 4 is 22.4 Å². The minimum absolute atomic E-state index is 0.00556. The SMILES string of the molecule is C[C@@H](O)CN1CCC(CN(C)[C@@H](C)C(=O)Nc2nccs2)CC1. The van der Waals surface area contributed by atoms with Crippen LogP contribution in [0.2, 0.25) is 0 Å². The molecule has 1 aliphatic rings. The molecule has 0 aliphatic carbocycles. The lowest BCUT2D eigenvalue weighted by Gasteiger charge is -2.35. The number of aromatic nitrogens is 1. The van der Waals surface area contributed by atoms with Gasteiger partial charge in [0.25, 0.3) is 0 Å². The molecule has 1 fully saturated rings. The van der Waals surface area contributed by atoms with Gasteiger partial charge in [0.1, 0.15) is 0 Å². The van der Waals surface area contributed by atoms with Crippen LogP contribution < -0.4 is 5.32 Å². The first-order chi connectivity index (χ1) is 11.0. The van der Waals surface area contributed by atoms with Crippen LogP contribution in [-0.4, -0.2) is 71.2 Å². The van der Waals surface area contributed by atoms with Crippen molar-refractivity contribution in [3.05, 3.63) is 11.6 Å². The molecule has 0 spiro atoms. The molecule has 0 radical (unpaired) electrons. The van der Waals surface area contributed by atoms with Gasteiger partial charge in [-0.25, -0.2) is 4.98 Å². The number of likely N-dealkylation sites (N-methyl/N-ethyl adjacent to an activating group) is 1. The van der Waals surface area contributed by atoms with Gasteiger partial charge in [-0.15, -0.1) is 11.3 Å². The molecule has 2 heterocycles. The van der Waals surface area contributed by atoms with Gasteiger partial charge in [0.15, 0.2) is 5.13 Å². The zero-order valence-electron chi connectivity index (χ0n) is 14.2. The monoisotopic (exact) mass is 340 g/mol. The standard InChI is InChI=1S/C16H28N4O2S/c1-12(21)10-20-7-4-14(5-8-20)11-19(3)13(2)15(22)18-16-17-6-9-23-16/h6,9,12-14,21H,4-5,7-8,10-11H2,1-3H3,(H,17,18,22)/t12-,13+/m1/s1. The van der Waals surface area contributed by atoms with Gasteiger partial charge >= 0.3 is 0 Å². The first-order valence-electron chi connectivity index (χ1n) is 8.26. The maximum atomic E-state index is 12.2. The average molecular weight is 340 g/mol. The van der Waals surface area contributed by atoms with Crippen LogP contribution in [0.25, 0.3) is 0 Å². The summed E-state index contributed by atoms with van der Waals surface area (Å²) < 4.78 is 0. The Morgan fingerprint density at radius 3 is 2.78 bits per heavy atom. The van der Waals surface area contributed by atoms with E-state index in [0.29, 0.717) is 11.0 Å². The quantitative estimate of drug-likeness (QED) is 0.787. The highest BCUT2D eigenvalue weighted by molar-refractivity contribution is 7.13. The fraction of sp³-hybridized carbons (Fsp3) is 0.750. The van der Waals surface area contributed by atoms with E-state index in [9.17, 15) is 9.90 Å². The van der Waals surface area contributed by atoms with E-state index in [1.165, 1.54) is 11.3 Å². The number of aliphatic hydroxyl groups is 1. The largest absolute Gasteiger partial charge is 0.392 e. The number of nitrogens with one attached hydrogen (secondary N) is 1. The van der Waals surface area contributed by atoms with Crippen LogP contribution in [0.3, 0.4) is 0 Å². The minimum atomic E-state index is -0.260. The van der Waals surface area contributed by atoms with Crippen molar-refractivity contribution in [3.63, 3.8) is 0 Å². The summed E-state index contributed by atoms with van der Waals surface area (Å²) >= 11 is 1.43. The van der Waals surface area contributed by atoms with E-state index < -0.39 is 0 Å². The number of likely N-dealkylation sites (tertiary alicyclic amines) is 1. The second-order valence-corrected chi connectivity index (χ2v) is 7.43. The minimum Gasteiger partial charge on any atom is -0.392 e. The van der Waals surface area contributed by atoms with Gasteiger partial charge in [0, 0.05) is 24.7 Å². The van der Waals surface area contributed by atoms with Crippen LogP contribution >= 0.6 is 11.3 Å². The zero-order chi connectivity index (χ0) is 16.8. The van der Waals surface area contributed by atoms with E-state index in [1.807, 2.05) is 26.3 Å². The van der Waals surface area contributed by atoms with Crippen molar-refractivity contribution < 1.29 is 9.90 Å². The average Bonchev–Trinajstić information content (AvgIpc) is 3.00. The second kappa shape index (κ2) is 8.73. The van der Waals surface area contributed by atoms with E-state index in [2.05, 4.69) is 20.1 Å². The maximum absolute atomic E-state index is 12.2. The third-order valence-corrected chi connectivity index (χ3v) is 5.17. The molecule has 2 rings (SSSR count). The van der Waals surface area contributed by atoms with E-state index in [0.717, 1.165) is 39.0 Å². The number of carbonyl (C=O) groups excluding carboxylic acids is 1. The zero-order valence-corrected chi connectivity index (χ0v) is 15.1. The molecule has 0 bridgehead atoms. The first kappa shape index (κ1) is 18.3. The van der Waals surface area contributed by atoms with Crippen LogP contribution in [0, 0.1) is 5.92 Å². The van der Waals surface area contributed by atoms with Crippen molar-refractivity contribution in [2.24, 2.45) is 5.92 Å². The molecule has 130 valence electrons. The van der Waals surface area contributed by atoms with Crippen molar-refractivity contribution in [1.82, 2.24) is 14.8 Å². The number of piperidine rings is 1. The van der Waals surface area contributed by atoms with Crippen LogP contribution in [0.5, 0.6) is 0 Å². The fourth-order valence-electron chi connectivity index (χ4n) is 2.99. The molecular weight excluding hydrogens is 312 g/mol. The number of thiazole rings is 1. The molecule has 0 aromatic carbocycles. The molecule has 23 heavy (non-hydrogen) atoms. The maximum Gasteiger partial charge on any atom is 0.243 e. The predicted molar refractivity (Wildman–Crippen MR) is 93.7 cm³/mol. The molecule has 6 nitrogen and oxygen atoms in total. The molecule has 1 saturated heterocycles. The molecule has 1 aromatic heterocycles. The number of β-amino-alcohol motifs (C(OH)–C–C–N with tert-alkyl or cyclic N) is 1. The number of nitrogens with zero attached hydrogens (tertiary/aromatic N) is 3. The number of hydrogen-bond donors (Lipinski definition) is 2. The number of hydrogen-bond acceptors (Lipinski definition) is 6. The summed E-state index contributed by atoms with van der Waals surface area (Å²) in [5, 5.41) is 14.8. The van der Waals surface area contributed by atoms with Crippen molar-refractivity contribution in [1.29, 1.82) is 0 Å². The lowest BCUT2D eigenvalue weighted by atomic mass is 9.95. The molecule has 2 atom stereocenters. The number of aliphatic hydroxyl groups excluding tert-OH is 1.